The molecule has 0 radical (unpaired) electrons. The first-order valence-corrected chi connectivity index (χ1v) is 12.6. The van der Waals surface area contributed by atoms with Crippen molar-refractivity contribution in [2.45, 2.75) is 38.5 Å². The Morgan fingerprint density at radius 1 is 1.06 bits per heavy atom. The third-order valence-corrected chi connectivity index (χ3v) is 6.60. The Labute approximate surface area is 207 Å². The van der Waals surface area contributed by atoms with E-state index in [1.165, 1.54) is 0 Å². The van der Waals surface area contributed by atoms with Gasteiger partial charge in [0.1, 0.15) is 0 Å². The zero-order valence-electron chi connectivity index (χ0n) is 20.5. The van der Waals surface area contributed by atoms with Gasteiger partial charge in [-0.2, -0.15) is 5.10 Å². The smallest absolute Gasteiger partial charge is 0.321 e. The van der Waals surface area contributed by atoms with Gasteiger partial charge in [-0.3, -0.25) is 9.89 Å². The molecule has 3 aromatic rings. The molecule has 0 saturated carbocycles. The largest absolute Gasteiger partial charge is 0.345 e. The van der Waals surface area contributed by atoms with Gasteiger partial charge in [0.05, 0.1) is 11.6 Å². The molecule has 1 unspecified atom stereocenters. The second kappa shape index (κ2) is 12.2. The van der Waals surface area contributed by atoms with Crippen molar-refractivity contribution >= 4 is 17.6 Å². The fourth-order valence-corrected chi connectivity index (χ4v) is 4.60. The predicted octanol–water partition coefficient (Wildman–Crippen LogP) is 5.19. The van der Waals surface area contributed by atoms with Crippen LogP contribution >= 0.6 is 0 Å². The maximum atomic E-state index is 13.0. The number of amides is 3. The summed E-state index contributed by atoms with van der Waals surface area (Å²) >= 11 is 0. The molecule has 2 heterocycles. The van der Waals surface area contributed by atoms with Crippen LogP contribution in [0.25, 0.3) is 11.3 Å². The van der Waals surface area contributed by atoms with Crippen molar-refractivity contribution in [2.24, 2.45) is 5.92 Å². The number of anilines is 1. The molecule has 1 fully saturated rings. The van der Waals surface area contributed by atoms with Crippen molar-refractivity contribution < 1.29 is 9.59 Å². The standard InChI is InChI=1S/C28H35N5O2/c1-32(18-10-4-9-17-25-20-26(31-30-25)22-12-5-2-6-13-22)27(34)23-14-11-19-33(21-23)28(35)29-24-15-7-3-8-16-24/h2-3,5-8,12-13,15-16,20,23H,4,9-11,14,17-19,21H2,1H3,(H,29,35)(H,30,31). The molecule has 7 nitrogen and oxygen atoms in total. The quantitative estimate of drug-likeness (QED) is 0.420. The van der Waals surface area contributed by atoms with Crippen LogP contribution < -0.4 is 5.32 Å². The van der Waals surface area contributed by atoms with Crippen molar-refractivity contribution in [3.05, 3.63) is 72.4 Å². The van der Waals surface area contributed by atoms with E-state index in [9.17, 15) is 9.59 Å². The van der Waals surface area contributed by atoms with E-state index in [-0.39, 0.29) is 17.9 Å². The number of nitrogens with zero attached hydrogens (tertiary/aromatic N) is 3. The van der Waals surface area contributed by atoms with E-state index >= 15 is 0 Å². The maximum Gasteiger partial charge on any atom is 0.321 e. The number of piperidine rings is 1. The summed E-state index contributed by atoms with van der Waals surface area (Å²) in [6.07, 6.45) is 5.70. The molecule has 35 heavy (non-hydrogen) atoms. The monoisotopic (exact) mass is 473 g/mol. The van der Waals surface area contributed by atoms with Crippen LogP contribution in [0.5, 0.6) is 0 Å². The number of nitrogens with one attached hydrogen (secondary N) is 2. The second-order valence-corrected chi connectivity index (χ2v) is 9.30. The summed E-state index contributed by atoms with van der Waals surface area (Å²) in [7, 11) is 1.88. The molecular weight excluding hydrogens is 438 g/mol. The Bertz CT molecular complexity index is 1080. The normalized spacial score (nSPS) is 15.6. The van der Waals surface area contributed by atoms with Gasteiger partial charge in [0.2, 0.25) is 5.91 Å². The first-order valence-electron chi connectivity index (χ1n) is 12.6. The van der Waals surface area contributed by atoms with Crippen LogP contribution in [0.1, 0.15) is 37.8 Å². The van der Waals surface area contributed by atoms with Gasteiger partial charge < -0.3 is 15.1 Å². The Hall–Kier alpha value is -3.61. The lowest BCUT2D eigenvalue weighted by Crippen LogP contribution is -2.47. The highest BCUT2D eigenvalue weighted by Gasteiger charge is 2.30. The topological polar surface area (TPSA) is 81.3 Å². The Morgan fingerprint density at radius 3 is 2.57 bits per heavy atom. The number of likely N-dealkylation sites (tertiary alicyclic amines) is 1. The summed E-state index contributed by atoms with van der Waals surface area (Å²) < 4.78 is 0. The molecule has 0 spiro atoms. The zero-order valence-corrected chi connectivity index (χ0v) is 20.5. The van der Waals surface area contributed by atoms with E-state index in [2.05, 4.69) is 33.7 Å². The third kappa shape index (κ3) is 6.94. The van der Waals surface area contributed by atoms with Crippen LogP contribution in [-0.2, 0) is 11.2 Å². The molecule has 1 aliphatic heterocycles. The van der Waals surface area contributed by atoms with E-state index < -0.39 is 0 Å². The van der Waals surface area contributed by atoms with E-state index in [1.54, 1.807) is 4.90 Å². The Morgan fingerprint density at radius 2 is 1.80 bits per heavy atom. The summed E-state index contributed by atoms with van der Waals surface area (Å²) in [6, 6.07) is 21.6. The van der Waals surface area contributed by atoms with E-state index in [4.69, 9.17) is 0 Å². The predicted molar refractivity (Wildman–Crippen MR) is 139 cm³/mol. The van der Waals surface area contributed by atoms with Crippen molar-refractivity contribution in [3.63, 3.8) is 0 Å². The molecule has 3 amide bonds. The molecule has 0 aliphatic carbocycles. The molecule has 1 atom stereocenters. The summed E-state index contributed by atoms with van der Waals surface area (Å²) in [5, 5.41) is 10.5. The molecule has 2 aromatic carbocycles. The number of aromatic amines is 1. The molecule has 184 valence electrons. The number of hydrogen-bond donors (Lipinski definition) is 2. The molecule has 0 bridgehead atoms. The summed E-state index contributed by atoms with van der Waals surface area (Å²) in [6.45, 7) is 1.90. The van der Waals surface area contributed by atoms with Gasteiger partial charge in [-0.25, -0.2) is 4.79 Å². The minimum absolute atomic E-state index is 0.128. The van der Waals surface area contributed by atoms with Gasteiger partial charge in [0, 0.05) is 43.6 Å². The van der Waals surface area contributed by atoms with Gasteiger partial charge in [-0.15, -0.1) is 0 Å². The maximum absolute atomic E-state index is 13.0. The first-order chi connectivity index (χ1) is 17.1. The molecule has 1 saturated heterocycles. The SMILES string of the molecule is CN(CCCCCc1cc(-c2ccccc2)n[nH]1)C(=O)C1CCCN(C(=O)Nc2ccccc2)C1. The number of carbonyl (C=O) groups excluding carboxylic acids is 2. The van der Waals surface area contributed by atoms with E-state index in [0.717, 1.165) is 67.7 Å². The summed E-state index contributed by atoms with van der Waals surface area (Å²) in [5.41, 5.74) is 4.01. The van der Waals surface area contributed by atoms with Gasteiger partial charge in [0.25, 0.3) is 0 Å². The number of aromatic nitrogens is 2. The lowest BCUT2D eigenvalue weighted by Gasteiger charge is -2.34. The number of urea groups is 1. The highest BCUT2D eigenvalue weighted by atomic mass is 16.2. The van der Waals surface area contributed by atoms with Crippen molar-refractivity contribution in [2.75, 3.05) is 32.0 Å². The molecule has 4 rings (SSSR count). The van der Waals surface area contributed by atoms with Crippen LogP contribution in [0.2, 0.25) is 0 Å². The van der Waals surface area contributed by atoms with Crippen molar-refractivity contribution in [1.82, 2.24) is 20.0 Å². The van der Waals surface area contributed by atoms with Crippen LogP contribution in [0.3, 0.4) is 0 Å². The highest BCUT2D eigenvalue weighted by Crippen LogP contribution is 2.21. The Balaban J connectivity index is 1.16. The average Bonchev–Trinajstić information content (AvgIpc) is 3.38. The van der Waals surface area contributed by atoms with E-state index in [1.807, 2.05) is 60.5 Å². The average molecular weight is 474 g/mol. The summed E-state index contributed by atoms with van der Waals surface area (Å²) in [5.74, 6) is 0.0138. The minimum atomic E-state index is -0.134. The first kappa shape index (κ1) is 24.5. The molecule has 1 aliphatic rings. The minimum Gasteiger partial charge on any atom is -0.345 e. The molecule has 1 aromatic heterocycles. The molecule has 7 heteroatoms. The fraction of sp³-hybridized carbons (Fsp3) is 0.393. The number of rotatable bonds is 9. The van der Waals surface area contributed by atoms with E-state index in [0.29, 0.717) is 13.1 Å². The number of carbonyl (C=O) groups is 2. The van der Waals surface area contributed by atoms with Crippen LogP contribution in [0, 0.1) is 5.92 Å². The number of unbranched alkanes of at least 4 members (excludes halogenated alkanes) is 2. The second-order valence-electron chi connectivity index (χ2n) is 9.30. The van der Waals surface area contributed by atoms with Gasteiger partial charge in [0.15, 0.2) is 0 Å². The van der Waals surface area contributed by atoms with Gasteiger partial charge in [-0.1, -0.05) is 55.0 Å². The van der Waals surface area contributed by atoms with Crippen LogP contribution in [0.4, 0.5) is 10.5 Å². The van der Waals surface area contributed by atoms with Crippen molar-refractivity contribution in [3.8, 4) is 11.3 Å². The molecular formula is C28H35N5O2. The fourth-order valence-electron chi connectivity index (χ4n) is 4.60. The summed E-state index contributed by atoms with van der Waals surface area (Å²) in [4.78, 5) is 29.2. The van der Waals surface area contributed by atoms with Crippen molar-refractivity contribution in [1.29, 1.82) is 0 Å². The molecule has 2 N–H and O–H groups in total. The van der Waals surface area contributed by atoms with Crippen LogP contribution in [-0.4, -0.2) is 58.6 Å². The lowest BCUT2D eigenvalue weighted by atomic mass is 9.96. The van der Waals surface area contributed by atoms with Gasteiger partial charge in [-0.05, 0) is 50.3 Å². The number of aryl methyl sites for hydroxylation is 1. The zero-order chi connectivity index (χ0) is 24.5. The highest BCUT2D eigenvalue weighted by molar-refractivity contribution is 5.90. The van der Waals surface area contributed by atoms with Gasteiger partial charge >= 0.3 is 6.03 Å². The Kier molecular flexibility index (Phi) is 8.54. The third-order valence-electron chi connectivity index (χ3n) is 6.60. The lowest BCUT2D eigenvalue weighted by molar-refractivity contribution is -0.135. The van der Waals surface area contributed by atoms with Crippen LogP contribution in [0.15, 0.2) is 66.7 Å². The number of para-hydroxylation sites is 1. The number of H-pyrrole nitrogens is 1. The number of hydrogen-bond acceptors (Lipinski definition) is 3. The number of benzene rings is 2.